The van der Waals surface area contributed by atoms with E-state index in [4.69, 9.17) is 0 Å². The highest BCUT2D eigenvalue weighted by atomic mass is 79.9. The van der Waals surface area contributed by atoms with Crippen molar-refractivity contribution >= 4 is 15.9 Å². The Labute approximate surface area is 123 Å². The highest BCUT2D eigenvalue weighted by molar-refractivity contribution is 9.09. The number of fused-ring (bicyclic) bond motifs is 1. The monoisotopic (exact) mass is 323 g/mol. The standard InChI is InChI=1S/C16H22BrNO/c1-16(2)8-7-13(14(17)15(16)19)18-9-11-5-3-4-6-12(11)10-18/h3-6,13-15,19H,7-10H2,1-2H3/t13-,14-,15+/m0/s1. The van der Waals surface area contributed by atoms with Crippen molar-refractivity contribution in [2.45, 2.75) is 56.8 Å². The third kappa shape index (κ3) is 2.37. The van der Waals surface area contributed by atoms with Gasteiger partial charge in [-0.2, -0.15) is 0 Å². The Hall–Kier alpha value is -0.380. The molecule has 3 atom stereocenters. The molecule has 1 heterocycles. The molecule has 19 heavy (non-hydrogen) atoms. The van der Waals surface area contributed by atoms with Gasteiger partial charge in [-0.3, -0.25) is 4.90 Å². The molecule has 1 aromatic rings. The summed E-state index contributed by atoms with van der Waals surface area (Å²) in [6, 6.07) is 9.12. The van der Waals surface area contributed by atoms with E-state index in [0.29, 0.717) is 6.04 Å². The summed E-state index contributed by atoms with van der Waals surface area (Å²) < 4.78 is 0. The number of hydrogen-bond donors (Lipinski definition) is 1. The predicted molar refractivity (Wildman–Crippen MR) is 81.2 cm³/mol. The Bertz CT molecular complexity index is 449. The van der Waals surface area contributed by atoms with Crippen LogP contribution in [-0.4, -0.2) is 27.0 Å². The number of rotatable bonds is 1. The first-order chi connectivity index (χ1) is 8.99. The van der Waals surface area contributed by atoms with Crippen molar-refractivity contribution in [1.82, 2.24) is 4.90 Å². The third-order valence-electron chi connectivity index (χ3n) is 4.89. The molecule has 2 nitrogen and oxygen atoms in total. The first-order valence-electron chi connectivity index (χ1n) is 7.12. The number of hydrogen-bond acceptors (Lipinski definition) is 2. The summed E-state index contributed by atoms with van der Waals surface area (Å²) in [7, 11) is 0. The fourth-order valence-corrected chi connectivity index (χ4v) is 4.76. The summed E-state index contributed by atoms with van der Waals surface area (Å²) in [5, 5.41) is 10.5. The van der Waals surface area contributed by atoms with Crippen molar-refractivity contribution in [3.8, 4) is 0 Å². The fraction of sp³-hybridized carbons (Fsp3) is 0.625. The average molecular weight is 324 g/mol. The summed E-state index contributed by atoms with van der Waals surface area (Å²) in [4.78, 5) is 2.69. The highest BCUT2D eigenvalue weighted by Crippen LogP contribution is 2.42. The Kier molecular flexibility index (Phi) is 3.48. The van der Waals surface area contributed by atoms with E-state index in [0.717, 1.165) is 25.9 Å². The lowest BCUT2D eigenvalue weighted by Crippen LogP contribution is -2.53. The molecule has 0 saturated heterocycles. The molecule has 1 fully saturated rings. The van der Waals surface area contributed by atoms with Gasteiger partial charge in [0.1, 0.15) is 0 Å². The van der Waals surface area contributed by atoms with Crippen LogP contribution < -0.4 is 0 Å². The number of halogens is 1. The van der Waals surface area contributed by atoms with Crippen molar-refractivity contribution in [2.75, 3.05) is 0 Å². The summed E-state index contributed by atoms with van der Waals surface area (Å²) >= 11 is 3.76. The molecule has 0 radical (unpaired) electrons. The largest absolute Gasteiger partial charge is 0.391 e. The predicted octanol–water partition coefficient (Wildman–Crippen LogP) is 3.32. The quantitative estimate of drug-likeness (QED) is 0.801. The molecule has 1 aliphatic carbocycles. The lowest BCUT2D eigenvalue weighted by molar-refractivity contribution is -0.0173. The second kappa shape index (κ2) is 4.87. The van der Waals surface area contributed by atoms with Crippen molar-refractivity contribution < 1.29 is 5.11 Å². The molecule has 2 aliphatic rings. The van der Waals surface area contributed by atoms with E-state index in [1.54, 1.807) is 0 Å². The van der Waals surface area contributed by atoms with Gasteiger partial charge in [0, 0.05) is 19.1 Å². The molecule has 1 saturated carbocycles. The smallest absolute Gasteiger partial charge is 0.0731 e. The summed E-state index contributed by atoms with van der Waals surface area (Å²) in [5.74, 6) is 0. The Morgan fingerprint density at radius 1 is 1.21 bits per heavy atom. The van der Waals surface area contributed by atoms with Gasteiger partial charge in [0.2, 0.25) is 0 Å². The van der Waals surface area contributed by atoms with Crippen LogP contribution >= 0.6 is 15.9 Å². The van der Waals surface area contributed by atoms with Crippen LogP contribution in [0.3, 0.4) is 0 Å². The van der Waals surface area contributed by atoms with Gasteiger partial charge in [0.25, 0.3) is 0 Å². The van der Waals surface area contributed by atoms with Crippen LogP contribution in [0, 0.1) is 5.41 Å². The average Bonchev–Trinajstić information content (AvgIpc) is 2.79. The van der Waals surface area contributed by atoms with Crippen LogP contribution in [0.1, 0.15) is 37.8 Å². The number of aliphatic hydroxyl groups is 1. The Morgan fingerprint density at radius 3 is 2.37 bits per heavy atom. The molecule has 3 rings (SSSR count). The maximum Gasteiger partial charge on any atom is 0.0731 e. The first-order valence-corrected chi connectivity index (χ1v) is 8.03. The maximum atomic E-state index is 10.5. The number of benzene rings is 1. The second-order valence-electron chi connectivity index (χ2n) is 6.66. The molecule has 1 N–H and O–H groups in total. The third-order valence-corrected chi connectivity index (χ3v) is 6.00. The number of nitrogens with zero attached hydrogens (tertiary/aromatic N) is 1. The molecule has 0 amide bonds. The number of alkyl halides is 1. The van der Waals surface area contributed by atoms with Crippen molar-refractivity contribution in [2.24, 2.45) is 5.41 Å². The van der Waals surface area contributed by atoms with Crippen LogP contribution in [0.15, 0.2) is 24.3 Å². The van der Waals surface area contributed by atoms with Gasteiger partial charge in [0.05, 0.1) is 10.9 Å². The van der Waals surface area contributed by atoms with Gasteiger partial charge in [0.15, 0.2) is 0 Å². The van der Waals surface area contributed by atoms with E-state index in [9.17, 15) is 5.11 Å². The minimum Gasteiger partial charge on any atom is -0.391 e. The van der Waals surface area contributed by atoms with Gasteiger partial charge in [-0.1, -0.05) is 54.0 Å². The van der Waals surface area contributed by atoms with E-state index in [1.807, 2.05) is 0 Å². The van der Waals surface area contributed by atoms with E-state index in [1.165, 1.54) is 11.1 Å². The van der Waals surface area contributed by atoms with Crippen molar-refractivity contribution in [1.29, 1.82) is 0 Å². The topological polar surface area (TPSA) is 23.5 Å². The molecule has 0 bridgehead atoms. The number of aliphatic hydroxyl groups excluding tert-OH is 1. The van der Waals surface area contributed by atoms with Crippen molar-refractivity contribution in [3.63, 3.8) is 0 Å². The van der Waals surface area contributed by atoms with Gasteiger partial charge in [-0.25, -0.2) is 0 Å². The lowest BCUT2D eigenvalue weighted by atomic mass is 9.73. The SMILES string of the molecule is CC1(C)CC[C@H](N2Cc3ccccc3C2)[C@H](Br)[C@H]1O. The zero-order chi connectivity index (χ0) is 13.6. The van der Waals surface area contributed by atoms with Crippen LogP contribution in [0.4, 0.5) is 0 Å². The molecule has 0 unspecified atom stereocenters. The van der Waals surface area contributed by atoms with E-state index >= 15 is 0 Å². The van der Waals surface area contributed by atoms with Gasteiger partial charge in [-0.05, 0) is 29.4 Å². The highest BCUT2D eigenvalue weighted by Gasteiger charge is 2.44. The summed E-state index contributed by atoms with van der Waals surface area (Å²) in [6.45, 7) is 6.38. The first kappa shape index (κ1) is 13.6. The minimum absolute atomic E-state index is 0.0250. The van der Waals surface area contributed by atoms with Gasteiger partial charge < -0.3 is 5.11 Å². The van der Waals surface area contributed by atoms with E-state index in [-0.39, 0.29) is 16.3 Å². The van der Waals surface area contributed by atoms with E-state index < -0.39 is 0 Å². The van der Waals surface area contributed by atoms with Crippen LogP contribution in [0.5, 0.6) is 0 Å². The molecule has 3 heteroatoms. The van der Waals surface area contributed by atoms with Crippen LogP contribution in [-0.2, 0) is 13.1 Å². The zero-order valence-electron chi connectivity index (χ0n) is 11.6. The molecular formula is C16H22BrNO. The van der Waals surface area contributed by atoms with E-state index in [2.05, 4.69) is 58.9 Å². The summed E-state index contributed by atoms with van der Waals surface area (Å²) in [5.41, 5.74) is 2.92. The maximum absolute atomic E-state index is 10.5. The molecule has 1 aliphatic heterocycles. The minimum atomic E-state index is -0.269. The Morgan fingerprint density at radius 2 is 1.79 bits per heavy atom. The molecule has 0 aromatic heterocycles. The fourth-order valence-electron chi connectivity index (χ4n) is 3.45. The van der Waals surface area contributed by atoms with Crippen molar-refractivity contribution in [3.05, 3.63) is 35.4 Å². The molecule has 0 spiro atoms. The Balaban J connectivity index is 1.76. The van der Waals surface area contributed by atoms with Gasteiger partial charge >= 0.3 is 0 Å². The lowest BCUT2D eigenvalue weighted by Gasteiger charge is -2.46. The summed E-state index contributed by atoms with van der Waals surface area (Å²) in [6.07, 6.45) is 1.98. The second-order valence-corrected chi connectivity index (χ2v) is 7.71. The normalized spacial score (nSPS) is 34.2. The molecule has 104 valence electrons. The molecule has 1 aromatic carbocycles. The molecular weight excluding hydrogens is 302 g/mol. The zero-order valence-corrected chi connectivity index (χ0v) is 13.2. The van der Waals surface area contributed by atoms with Crippen LogP contribution in [0.25, 0.3) is 0 Å². The van der Waals surface area contributed by atoms with Gasteiger partial charge in [-0.15, -0.1) is 0 Å². The van der Waals surface area contributed by atoms with Crippen LogP contribution in [0.2, 0.25) is 0 Å².